The minimum absolute atomic E-state index is 0.0270. The van der Waals surface area contributed by atoms with Crippen molar-refractivity contribution in [2.24, 2.45) is 0 Å². The molecule has 2 N–H and O–H groups in total. The lowest BCUT2D eigenvalue weighted by Crippen LogP contribution is -2.47. The van der Waals surface area contributed by atoms with E-state index in [-0.39, 0.29) is 24.5 Å². The number of sulfone groups is 1. The summed E-state index contributed by atoms with van der Waals surface area (Å²) in [7, 11) is -3.14. The summed E-state index contributed by atoms with van der Waals surface area (Å²) in [5.74, 6) is -0.701. The van der Waals surface area contributed by atoms with E-state index in [0.717, 1.165) is 0 Å². The molecule has 9 heteroatoms. The number of nitrogens with one attached hydrogen (secondary N) is 2. The molecule has 1 saturated heterocycles. The van der Waals surface area contributed by atoms with Crippen LogP contribution in [-0.2, 0) is 14.6 Å². The van der Waals surface area contributed by atoms with Gasteiger partial charge in [0.25, 0.3) is 0 Å². The van der Waals surface area contributed by atoms with Crippen molar-refractivity contribution in [3.05, 3.63) is 0 Å². The SMILES string of the molecule is O=C(CC1CS(=O)(=O)CCN1)NCCC(F)(F)F. The number of amides is 1. The molecule has 0 bridgehead atoms. The van der Waals surface area contributed by atoms with Gasteiger partial charge in [0.15, 0.2) is 9.84 Å². The molecule has 0 aromatic rings. The Kier molecular flexibility index (Phi) is 4.97. The minimum atomic E-state index is -4.31. The Hall–Kier alpha value is -0.830. The second kappa shape index (κ2) is 5.87. The van der Waals surface area contributed by atoms with Crippen molar-refractivity contribution in [1.82, 2.24) is 10.6 Å². The number of halogens is 3. The quantitative estimate of drug-likeness (QED) is 0.753. The van der Waals surface area contributed by atoms with Crippen molar-refractivity contribution >= 4 is 15.7 Å². The van der Waals surface area contributed by atoms with Crippen LogP contribution in [0.3, 0.4) is 0 Å². The Morgan fingerprint density at radius 2 is 2.06 bits per heavy atom. The normalized spacial score (nSPS) is 23.6. The highest BCUT2D eigenvalue weighted by molar-refractivity contribution is 7.91. The van der Waals surface area contributed by atoms with Crippen LogP contribution in [-0.4, -0.2) is 51.1 Å². The molecule has 1 heterocycles. The zero-order chi connectivity index (χ0) is 13.8. The molecule has 0 spiro atoms. The van der Waals surface area contributed by atoms with Gasteiger partial charge in [0, 0.05) is 25.6 Å². The molecule has 1 amide bonds. The Morgan fingerprint density at radius 1 is 1.39 bits per heavy atom. The molecule has 1 unspecified atom stereocenters. The Morgan fingerprint density at radius 3 is 2.61 bits per heavy atom. The summed E-state index contributed by atoms with van der Waals surface area (Å²) in [6, 6.07) is -0.519. The molecule has 0 aliphatic carbocycles. The smallest absolute Gasteiger partial charge is 0.356 e. The Labute approximate surface area is 103 Å². The molecule has 106 valence electrons. The van der Waals surface area contributed by atoms with Gasteiger partial charge >= 0.3 is 6.18 Å². The summed E-state index contributed by atoms with van der Waals surface area (Å²) in [5.41, 5.74) is 0. The maximum atomic E-state index is 11.8. The van der Waals surface area contributed by atoms with Gasteiger partial charge in [-0.2, -0.15) is 13.2 Å². The second-order valence-corrected chi connectivity index (χ2v) is 6.41. The summed E-state index contributed by atoms with van der Waals surface area (Å²) in [6.07, 6.45) is -5.52. The average molecular weight is 288 g/mol. The van der Waals surface area contributed by atoms with Crippen molar-refractivity contribution in [1.29, 1.82) is 0 Å². The highest BCUT2D eigenvalue weighted by Crippen LogP contribution is 2.18. The fraction of sp³-hybridized carbons (Fsp3) is 0.889. The maximum Gasteiger partial charge on any atom is 0.390 e. The van der Waals surface area contributed by atoms with Crippen molar-refractivity contribution < 1.29 is 26.4 Å². The lowest BCUT2D eigenvalue weighted by molar-refractivity contribution is -0.135. The zero-order valence-electron chi connectivity index (χ0n) is 9.59. The number of hydrogen-bond donors (Lipinski definition) is 2. The fourth-order valence-electron chi connectivity index (χ4n) is 1.64. The number of carbonyl (C=O) groups is 1. The van der Waals surface area contributed by atoms with E-state index in [4.69, 9.17) is 0 Å². The molecule has 0 aromatic heterocycles. The first-order valence-electron chi connectivity index (χ1n) is 5.45. The Balaban J connectivity index is 2.28. The van der Waals surface area contributed by atoms with Crippen LogP contribution in [0.15, 0.2) is 0 Å². The topological polar surface area (TPSA) is 75.3 Å². The minimum Gasteiger partial charge on any atom is -0.356 e. The van der Waals surface area contributed by atoms with E-state index < -0.39 is 40.9 Å². The van der Waals surface area contributed by atoms with E-state index in [1.807, 2.05) is 0 Å². The van der Waals surface area contributed by atoms with Gasteiger partial charge in [-0.1, -0.05) is 0 Å². The maximum absolute atomic E-state index is 11.8. The van der Waals surface area contributed by atoms with Crippen molar-refractivity contribution in [2.45, 2.75) is 25.1 Å². The van der Waals surface area contributed by atoms with Gasteiger partial charge in [0.05, 0.1) is 17.9 Å². The van der Waals surface area contributed by atoms with Crippen molar-refractivity contribution in [3.63, 3.8) is 0 Å². The monoisotopic (exact) mass is 288 g/mol. The van der Waals surface area contributed by atoms with E-state index in [1.165, 1.54) is 0 Å². The van der Waals surface area contributed by atoms with Crippen LogP contribution < -0.4 is 10.6 Å². The predicted molar refractivity (Wildman–Crippen MR) is 58.7 cm³/mol. The molecule has 1 rings (SSSR count). The first-order chi connectivity index (χ1) is 8.18. The molecule has 0 aromatic carbocycles. The van der Waals surface area contributed by atoms with E-state index in [2.05, 4.69) is 10.6 Å². The number of hydrogen-bond acceptors (Lipinski definition) is 4. The lowest BCUT2D eigenvalue weighted by Gasteiger charge is -2.23. The molecule has 1 aliphatic heterocycles. The molecular formula is C9H15F3N2O3S. The summed E-state index contributed by atoms with van der Waals surface area (Å²) >= 11 is 0. The van der Waals surface area contributed by atoms with E-state index in [0.29, 0.717) is 0 Å². The summed E-state index contributed by atoms with van der Waals surface area (Å²) < 4.78 is 58.0. The molecule has 1 aliphatic rings. The molecular weight excluding hydrogens is 273 g/mol. The van der Waals surface area contributed by atoms with Gasteiger partial charge in [-0.15, -0.1) is 0 Å². The number of carbonyl (C=O) groups excluding carboxylic acids is 1. The Bertz CT molecular complexity index is 394. The van der Waals surface area contributed by atoms with Crippen LogP contribution in [0.5, 0.6) is 0 Å². The lowest BCUT2D eigenvalue weighted by atomic mass is 10.2. The fourth-order valence-corrected chi connectivity index (χ4v) is 3.08. The van der Waals surface area contributed by atoms with Gasteiger partial charge in [-0.05, 0) is 0 Å². The molecule has 18 heavy (non-hydrogen) atoms. The van der Waals surface area contributed by atoms with Crippen LogP contribution in [0, 0.1) is 0 Å². The largest absolute Gasteiger partial charge is 0.390 e. The molecule has 0 saturated carbocycles. The third-order valence-electron chi connectivity index (χ3n) is 2.46. The van der Waals surface area contributed by atoms with Gasteiger partial charge in [0.1, 0.15) is 0 Å². The second-order valence-electron chi connectivity index (χ2n) is 4.18. The highest BCUT2D eigenvalue weighted by atomic mass is 32.2. The van der Waals surface area contributed by atoms with Crippen LogP contribution in [0.1, 0.15) is 12.8 Å². The molecule has 1 atom stereocenters. The predicted octanol–water partition coefficient (Wildman–Crippen LogP) is -0.168. The number of rotatable bonds is 4. The van der Waals surface area contributed by atoms with Crippen LogP contribution in [0.25, 0.3) is 0 Å². The number of alkyl halides is 3. The first-order valence-corrected chi connectivity index (χ1v) is 7.27. The first kappa shape index (κ1) is 15.2. The third-order valence-corrected chi connectivity index (χ3v) is 4.20. The van der Waals surface area contributed by atoms with E-state index in [1.54, 1.807) is 0 Å². The standard InChI is InChI=1S/C9H15F3N2O3S/c10-9(11,12)1-2-14-8(15)5-7-6-18(16,17)4-3-13-7/h7,13H,1-6H2,(H,14,15). The van der Waals surface area contributed by atoms with E-state index >= 15 is 0 Å². The molecule has 0 radical (unpaired) electrons. The third kappa shape index (κ3) is 6.20. The zero-order valence-corrected chi connectivity index (χ0v) is 10.4. The average Bonchev–Trinajstić information content (AvgIpc) is 2.13. The molecule has 1 fully saturated rings. The van der Waals surface area contributed by atoms with Crippen molar-refractivity contribution in [3.8, 4) is 0 Å². The summed E-state index contributed by atoms with van der Waals surface area (Å²) in [4.78, 5) is 11.3. The highest BCUT2D eigenvalue weighted by Gasteiger charge is 2.28. The molecule has 5 nitrogen and oxygen atoms in total. The van der Waals surface area contributed by atoms with Crippen LogP contribution >= 0.6 is 0 Å². The van der Waals surface area contributed by atoms with Gasteiger partial charge in [-0.3, -0.25) is 4.79 Å². The summed E-state index contributed by atoms with van der Waals surface area (Å²) in [5, 5.41) is 4.97. The van der Waals surface area contributed by atoms with Gasteiger partial charge < -0.3 is 10.6 Å². The van der Waals surface area contributed by atoms with Crippen molar-refractivity contribution in [2.75, 3.05) is 24.6 Å². The van der Waals surface area contributed by atoms with Gasteiger partial charge in [0.2, 0.25) is 5.91 Å². The van der Waals surface area contributed by atoms with Crippen LogP contribution in [0.2, 0.25) is 0 Å². The van der Waals surface area contributed by atoms with Crippen LogP contribution in [0.4, 0.5) is 13.2 Å². The van der Waals surface area contributed by atoms with E-state index in [9.17, 15) is 26.4 Å². The summed E-state index contributed by atoms with van der Waals surface area (Å²) in [6.45, 7) is -0.218. The van der Waals surface area contributed by atoms with Gasteiger partial charge in [-0.25, -0.2) is 8.42 Å².